The van der Waals surface area contributed by atoms with Gasteiger partial charge >= 0.3 is 0 Å². The highest BCUT2D eigenvalue weighted by molar-refractivity contribution is 7.22. The van der Waals surface area contributed by atoms with Crippen molar-refractivity contribution in [3.05, 3.63) is 57.9 Å². The molecular formula is C22H20FN5OS2. The average Bonchev–Trinajstić information content (AvgIpc) is 3.47. The predicted octanol–water partition coefficient (Wildman–Crippen LogP) is 5.56. The minimum atomic E-state index is -0.383. The number of fused-ring (bicyclic) bond motifs is 1. The summed E-state index contributed by atoms with van der Waals surface area (Å²) in [7, 11) is 0. The molecule has 3 aromatic heterocycles. The standard InChI is InChI=1S/C22H20FN5OS2/c1-13-19(31-22(24-13)17-6-5-11-30-17)21(29)25-14-8-9-16(23)15(12-14)20-27-26-18-7-3-2-4-10-28(18)20/h5-6,8-9,11-12H,2-4,7,10H2,1H3,(H,25,29). The van der Waals surface area contributed by atoms with Gasteiger partial charge in [0, 0.05) is 18.7 Å². The summed E-state index contributed by atoms with van der Waals surface area (Å²) >= 11 is 2.95. The molecule has 1 amide bonds. The second-order valence-corrected chi connectivity index (χ2v) is 9.41. The van der Waals surface area contributed by atoms with Crippen molar-refractivity contribution in [2.24, 2.45) is 0 Å². The molecule has 31 heavy (non-hydrogen) atoms. The zero-order valence-electron chi connectivity index (χ0n) is 16.9. The smallest absolute Gasteiger partial charge is 0.267 e. The van der Waals surface area contributed by atoms with Crippen LogP contribution in [0.3, 0.4) is 0 Å². The third-order valence-electron chi connectivity index (χ3n) is 5.31. The first kappa shape index (κ1) is 20.0. The van der Waals surface area contributed by atoms with E-state index in [1.54, 1.807) is 23.5 Å². The van der Waals surface area contributed by atoms with Crippen LogP contribution in [0.1, 0.15) is 40.5 Å². The van der Waals surface area contributed by atoms with E-state index >= 15 is 0 Å². The normalized spacial score (nSPS) is 13.6. The lowest BCUT2D eigenvalue weighted by molar-refractivity contribution is 0.103. The molecule has 4 heterocycles. The molecule has 0 unspecified atom stereocenters. The number of carbonyl (C=O) groups excluding carboxylic acids is 1. The second-order valence-electron chi connectivity index (χ2n) is 7.46. The van der Waals surface area contributed by atoms with Gasteiger partial charge in [-0.3, -0.25) is 4.79 Å². The molecule has 1 aliphatic heterocycles. The molecule has 0 saturated carbocycles. The van der Waals surface area contributed by atoms with Crippen molar-refractivity contribution in [1.82, 2.24) is 19.7 Å². The lowest BCUT2D eigenvalue weighted by atomic mass is 10.1. The molecule has 5 rings (SSSR count). The zero-order chi connectivity index (χ0) is 21.4. The number of nitrogens with one attached hydrogen (secondary N) is 1. The van der Waals surface area contributed by atoms with Crippen molar-refractivity contribution in [2.45, 2.75) is 39.2 Å². The SMILES string of the molecule is Cc1nc(-c2cccs2)sc1C(=O)Nc1ccc(F)c(-c2nnc3n2CCCCC3)c1. The van der Waals surface area contributed by atoms with E-state index in [1.165, 1.54) is 17.4 Å². The monoisotopic (exact) mass is 453 g/mol. The van der Waals surface area contributed by atoms with E-state index in [-0.39, 0.29) is 11.7 Å². The first-order valence-corrected chi connectivity index (χ1v) is 11.8. The molecule has 158 valence electrons. The fraction of sp³-hybridized carbons (Fsp3) is 0.273. The summed E-state index contributed by atoms with van der Waals surface area (Å²) in [5.41, 5.74) is 1.53. The van der Waals surface area contributed by atoms with Crippen molar-refractivity contribution in [3.8, 4) is 21.3 Å². The lowest BCUT2D eigenvalue weighted by Crippen LogP contribution is -2.12. The Bertz CT molecular complexity index is 1250. The number of carbonyl (C=O) groups is 1. The number of thiazole rings is 1. The number of benzene rings is 1. The molecule has 4 aromatic rings. The molecular weight excluding hydrogens is 433 g/mol. The van der Waals surface area contributed by atoms with Crippen molar-refractivity contribution in [1.29, 1.82) is 0 Å². The summed E-state index contributed by atoms with van der Waals surface area (Å²) in [5, 5.41) is 14.2. The molecule has 0 aliphatic carbocycles. The molecule has 1 aliphatic rings. The van der Waals surface area contributed by atoms with Crippen LogP contribution in [0.15, 0.2) is 35.7 Å². The van der Waals surface area contributed by atoms with Crippen molar-refractivity contribution in [2.75, 3.05) is 5.32 Å². The number of nitrogens with zero attached hydrogens (tertiary/aromatic N) is 4. The quantitative estimate of drug-likeness (QED) is 0.439. The minimum Gasteiger partial charge on any atom is -0.321 e. The molecule has 1 N–H and O–H groups in total. The number of hydrogen-bond donors (Lipinski definition) is 1. The van der Waals surface area contributed by atoms with Crippen molar-refractivity contribution < 1.29 is 9.18 Å². The van der Waals surface area contributed by atoms with Gasteiger partial charge in [0.1, 0.15) is 21.5 Å². The minimum absolute atomic E-state index is 0.254. The molecule has 0 radical (unpaired) electrons. The Hall–Kier alpha value is -2.91. The summed E-state index contributed by atoms with van der Waals surface area (Å²) in [6.45, 7) is 2.60. The maximum Gasteiger partial charge on any atom is 0.267 e. The first-order valence-electron chi connectivity index (χ1n) is 10.1. The number of aryl methyl sites for hydroxylation is 2. The van der Waals surface area contributed by atoms with E-state index < -0.39 is 0 Å². The van der Waals surface area contributed by atoms with Gasteiger partial charge < -0.3 is 9.88 Å². The van der Waals surface area contributed by atoms with Gasteiger partial charge in [-0.15, -0.1) is 32.9 Å². The topological polar surface area (TPSA) is 72.7 Å². The summed E-state index contributed by atoms with van der Waals surface area (Å²) < 4.78 is 16.7. The number of amides is 1. The van der Waals surface area contributed by atoms with Crippen LogP contribution in [-0.2, 0) is 13.0 Å². The van der Waals surface area contributed by atoms with Crippen LogP contribution in [0.25, 0.3) is 21.3 Å². The highest BCUT2D eigenvalue weighted by atomic mass is 32.1. The molecule has 0 bridgehead atoms. The van der Waals surface area contributed by atoms with E-state index in [0.717, 1.165) is 47.9 Å². The number of thiophene rings is 1. The Morgan fingerprint density at radius 1 is 1.19 bits per heavy atom. The largest absolute Gasteiger partial charge is 0.321 e. The molecule has 0 spiro atoms. The fourth-order valence-corrected chi connectivity index (χ4v) is 5.52. The third kappa shape index (κ3) is 3.90. The van der Waals surface area contributed by atoms with Crippen LogP contribution in [-0.4, -0.2) is 25.7 Å². The number of anilines is 1. The van der Waals surface area contributed by atoms with E-state index in [9.17, 15) is 9.18 Å². The highest BCUT2D eigenvalue weighted by Crippen LogP contribution is 2.32. The Balaban J connectivity index is 1.43. The van der Waals surface area contributed by atoms with E-state index in [1.807, 2.05) is 29.0 Å². The van der Waals surface area contributed by atoms with Gasteiger partial charge in [-0.2, -0.15) is 0 Å². The zero-order valence-corrected chi connectivity index (χ0v) is 18.5. The van der Waals surface area contributed by atoms with Crippen molar-refractivity contribution in [3.63, 3.8) is 0 Å². The van der Waals surface area contributed by atoms with Gasteiger partial charge in [-0.05, 0) is 49.4 Å². The van der Waals surface area contributed by atoms with Gasteiger partial charge in [-0.25, -0.2) is 9.37 Å². The van der Waals surface area contributed by atoms with Gasteiger partial charge in [0.25, 0.3) is 5.91 Å². The van der Waals surface area contributed by atoms with Gasteiger partial charge in [0.15, 0.2) is 5.82 Å². The highest BCUT2D eigenvalue weighted by Gasteiger charge is 2.21. The maximum absolute atomic E-state index is 14.7. The number of halogens is 1. The van der Waals surface area contributed by atoms with E-state index in [0.29, 0.717) is 27.6 Å². The summed E-state index contributed by atoms with van der Waals surface area (Å²) in [4.78, 5) is 19.0. The third-order valence-corrected chi connectivity index (χ3v) is 7.50. The molecule has 0 fully saturated rings. The summed E-state index contributed by atoms with van der Waals surface area (Å²) in [6.07, 6.45) is 4.07. The summed E-state index contributed by atoms with van der Waals surface area (Å²) in [5.74, 6) is 0.768. The van der Waals surface area contributed by atoms with E-state index in [4.69, 9.17) is 0 Å². The fourth-order valence-electron chi connectivity index (χ4n) is 3.76. The molecule has 0 saturated heterocycles. The molecule has 0 atom stereocenters. The Morgan fingerprint density at radius 2 is 2.10 bits per heavy atom. The van der Waals surface area contributed by atoms with Gasteiger partial charge in [0.05, 0.1) is 16.1 Å². The number of aromatic nitrogens is 4. The molecule has 9 heteroatoms. The second kappa shape index (κ2) is 8.32. The maximum atomic E-state index is 14.7. The van der Waals surface area contributed by atoms with E-state index in [2.05, 4.69) is 20.5 Å². The Morgan fingerprint density at radius 3 is 2.94 bits per heavy atom. The Kier molecular flexibility index (Phi) is 5.37. The lowest BCUT2D eigenvalue weighted by Gasteiger charge is -2.10. The van der Waals surface area contributed by atoms with Crippen LogP contribution in [0.2, 0.25) is 0 Å². The first-order chi connectivity index (χ1) is 15.1. The van der Waals surface area contributed by atoms with Crippen LogP contribution < -0.4 is 5.32 Å². The van der Waals surface area contributed by atoms with Crippen molar-refractivity contribution >= 4 is 34.3 Å². The molecule has 1 aromatic carbocycles. The van der Waals surface area contributed by atoms with Crippen LogP contribution in [0, 0.1) is 12.7 Å². The molecule has 6 nitrogen and oxygen atoms in total. The Labute approximate surface area is 186 Å². The average molecular weight is 454 g/mol. The van der Waals surface area contributed by atoms with Gasteiger partial charge in [0.2, 0.25) is 0 Å². The number of rotatable bonds is 4. The van der Waals surface area contributed by atoms with Crippen LogP contribution >= 0.6 is 22.7 Å². The summed E-state index contributed by atoms with van der Waals surface area (Å²) in [6, 6.07) is 8.50. The van der Waals surface area contributed by atoms with Crippen LogP contribution in [0.4, 0.5) is 10.1 Å². The predicted molar refractivity (Wildman–Crippen MR) is 121 cm³/mol. The van der Waals surface area contributed by atoms with Crippen LogP contribution in [0.5, 0.6) is 0 Å². The number of hydrogen-bond acceptors (Lipinski definition) is 6. The van der Waals surface area contributed by atoms with Gasteiger partial charge in [-0.1, -0.05) is 12.5 Å².